The van der Waals surface area contributed by atoms with Gasteiger partial charge < -0.3 is 19.9 Å². The van der Waals surface area contributed by atoms with Crippen molar-refractivity contribution in [1.82, 2.24) is 9.97 Å². The second kappa shape index (κ2) is 7.71. The van der Waals surface area contributed by atoms with Gasteiger partial charge in [0.15, 0.2) is 0 Å². The Bertz CT molecular complexity index is 1070. The van der Waals surface area contributed by atoms with Crippen molar-refractivity contribution in [3.63, 3.8) is 0 Å². The maximum absolute atomic E-state index is 12.7. The van der Waals surface area contributed by atoms with Crippen molar-refractivity contribution < 1.29 is 14.3 Å². The van der Waals surface area contributed by atoms with Gasteiger partial charge in [0.05, 0.1) is 24.6 Å². The third kappa shape index (κ3) is 3.63. The zero-order valence-electron chi connectivity index (χ0n) is 16.5. The standard InChI is InChI=1S/C21H22N4O3S/c1-12-18(21(27)28-3)13(2)23-19(12)20(26)24-15-4-5-17(22-10-15)25-8-6-16-14(11-25)7-9-29-16/h4-5,7,9-10,23H,6,8,11H2,1-3H3,(H,24,26). The van der Waals surface area contributed by atoms with Gasteiger partial charge in [-0.3, -0.25) is 4.79 Å². The van der Waals surface area contributed by atoms with Crippen LogP contribution >= 0.6 is 11.3 Å². The molecule has 1 aliphatic heterocycles. The first-order valence-corrected chi connectivity index (χ1v) is 10.2. The normalized spacial score (nSPS) is 13.1. The summed E-state index contributed by atoms with van der Waals surface area (Å²) < 4.78 is 4.79. The Kier molecular flexibility index (Phi) is 5.10. The molecule has 2 N–H and O–H groups in total. The highest BCUT2D eigenvalue weighted by molar-refractivity contribution is 7.10. The van der Waals surface area contributed by atoms with Crippen molar-refractivity contribution in [2.24, 2.45) is 0 Å². The number of esters is 1. The molecule has 0 aromatic carbocycles. The number of hydrogen-bond donors (Lipinski definition) is 2. The van der Waals surface area contributed by atoms with Crippen molar-refractivity contribution in [3.05, 3.63) is 62.7 Å². The summed E-state index contributed by atoms with van der Waals surface area (Å²) in [5, 5.41) is 4.97. The summed E-state index contributed by atoms with van der Waals surface area (Å²) in [6.45, 7) is 5.25. The number of rotatable bonds is 4. The van der Waals surface area contributed by atoms with Gasteiger partial charge in [0.25, 0.3) is 5.91 Å². The lowest BCUT2D eigenvalue weighted by atomic mass is 10.1. The van der Waals surface area contributed by atoms with E-state index in [1.165, 1.54) is 17.6 Å². The summed E-state index contributed by atoms with van der Waals surface area (Å²) >= 11 is 1.81. The van der Waals surface area contributed by atoms with Gasteiger partial charge in [0.2, 0.25) is 0 Å². The van der Waals surface area contributed by atoms with E-state index in [-0.39, 0.29) is 5.91 Å². The summed E-state index contributed by atoms with van der Waals surface area (Å²) in [6.07, 6.45) is 2.68. The van der Waals surface area contributed by atoms with Crippen molar-refractivity contribution in [1.29, 1.82) is 0 Å². The van der Waals surface area contributed by atoms with Gasteiger partial charge in [-0.15, -0.1) is 11.3 Å². The van der Waals surface area contributed by atoms with E-state index in [1.54, 1.807) is 20.0 Å². The van der Waals surface area contributed by atoms with Crippen LogP contribution in [0.25, 0.3) is 0 Å². The van der Waals surface area contributed by atoms with Crippen LogP contribution in [-0.2, 0) is 17.7 Å². The van der Waals surface area contributed by atoms with Crippen LogP contribution < -0.4 is 10.2 Å². The van der Waals surface area contributed by atoms with Crippen LogP contribution in [0, 0.1) is 13.8 Å². The number of hydrogen-bond acceptors (Lipinski definition) is 6. The second-order valence-corrected chi connectivity index (χ2v) is 8.02. The highest BCUT2D eigenvalue weighted by Gasteiger charge is 2.23. The average molecular weight is 410 g/mol. The monoisotopic (exact) mass is 410 g/mol. The highest BCUT2D eigenvalue weighted by Crippen LogP contribution is 2.27. The van der Waals surface area contributed by atoms with Gasteiger partial charge in [-0.25, -0.2) is 9.78 Å². The first-order chi connectivity index (χ1) is 14.0. The van der Waals surface area contributed by atoms with E-state index in [0.29, 0.717) is 28.2 Å². The number of pyridine rings is 1. The molecular weight excluding hydrogens is 388 g/mol. The van der Waals surface area contributed by atoms with E-state index in [2.05, 4.69) is 31.6 Å². The van der Waals surface area contributed by atoms with E-state index in [0.717, 1.165) is 25.3 Å². The largest absolute Gasteiger partial charge is 0.465 e. The quantitative estimate of drug-likeness (QED) is 0.641. The zero-order valence-corrected chi connectivity index (χ0v) is 17.4. The van der Waals surface area contributed by atoms with E-state index >= 15 is 0 Å². The molecule has 0 bridgehead atoms. The minimum Gasteiger partial charge on any atom is -0.465 e. The molecule has 4 rings (SSSR count). The van der Waals surface area contributed by atoms with Crippen LogP contribution in [0.15, 0.2) is 29.8 Å². The molecule has 0 atom stereocenters. The van der Waals surface area contributed by atoms with Crippen molar-refractivity contribution in [2.45, 2.75) is 26.8 Å². The molecule has 0 aliphatic carbocycles. The number of fused-ring (bicyclic) bond motifs is 1. The number of ether oxygens (including phenoxy) is 1. The Balaban J connectivity index is 1.47. The molecule has 0 unspecified atom stereocenters. The fourth-order valence-corrected chi connectivity index (χ4v) is 4.56. The SMILES string of the molecule is COC(=O)c1c(C)[nH]c(C(=O)Nc2ccc(N3CCc4sccc4C3)nc2)c1C. The Morgan fingerprint density at radius 2 is 2.10 bits per heavy atom. The first kappa shape index (κ1) is 19.2. The number of carbonyl (C=O) groups excluding carboxylic acids is 2. The maximum atomic E-state index is 12.7. The molecule has 0 radical (unpaired) electrons. The average Bonchev–Trinajstić information content (AvgIpc) is 3.31. The molecule has 3 aromatic heterocycles. The summed E-state index contributed by atoms with van der Waals surface area (Å²) in [5.74, 6) is 0.104. The van der Waals surface area contributed by atoms with Crippen LogP contribution in [0.4, 0.5) is 11.5 Å². The number of anilines is 2. The van der Waals surface area contributed by atoms with E-state index in [4.69, 9.17) is 4.74 Å². The van der Waals surface area contributed by atoms with Crippen LogP contribution in [0.5, 0.6) is 0 Å². The molecular formula is C21H22N4O3S. The molecule has 0 saturated heterocycles. The molecule has 1 aliphatic rings. The fraction of sp³-hybridized carbons (Fsp3) is 0.286. The zero-order chi connectivity index (χ0) is 20.5. The smallest absolute Gasteiger partial charge is 0.339 e. The van der Waals surface area contributed by atoms with Gasteiger partial charge >= 0.3 is 5.97 Å². The molecule has 3 aromatic rings. The molecule has 4 heterocycles. The van der Waals surface area contributed by atoms with Crippen LogP contribution in [0.1, 0.15) is 42.5 Å². The highest BCUT2D eigenvalue weighted by atomic mass is 32.1. The molecule has 8 heteroatoms. The third-order valence-corrected chi connectivity index (χ3v) is 6.21. The van der Waals surface area contributed by atoms with Gasteiger partial charge in [0, 0.05) is 23.7 Å². The van der Waals surface area contributed by atoms with E-state index in [9.17, 15) is 9.59 Å². The molecule has 7 nitrogen and oxygen atoms in total. The lowest BCUT2D eigenvalue weighted by Crippen LogP contribution is -2.30. The number of methoxy groups -OCH3 is 1. The van der Waals surface area contributed by atoms with Crippen molar-refractivity contribution in [2.75, 3.05) is 23.9 Å². The number of aryl methyl sites for hydroxylation is 1. The van der Waals surface area contributed by atoms with Crippen LogP contribution in [-0.4, -0.2) is 35.5 Å². The number of amides is 1. The number of nitrogens with one attached hydrogen (secondary N) is 2. The maximum Gasteiger partial charge on any atom is 0.339 e. The number of nitrogens with zero attached hydrogens (tertiary/aromatic N) is 2. The van der Waals surface area contributed by atoms with Gasteiger partial charge in [-0.2, -0.15) is 0 Å². The number of aromatic nitrogens is 2. The molecule has 29 heavy (non-hydrogen) atoms. The van der Waals surface area contributed by atoms with Gasteiger partial charge in [0.1, 0.15) is 11.5 Å². The molecule has 0 fully saturated rings. The lowest BCUT2D eigenvalue weighted by Gasteiger charge is -2.28. The number of H-pyrrole nitrogens is 1. The lowest BCUT2D eigenvalue weighted by molar-refractivity contribution is 0.0599. The summed E-state index contributed by atoms with van der Waals surface area (Å²) in [6, 6.07) is 5.93. The van der Waals surface area contributed by atoms with Crippen LogP contribution in [0.3, 0.4) is 0 Å². The first-order valence-electron chi connectivity index (χ1n) is 9.33. The second-order valence-electron chi connectivity index (χ2n) is 7.02. The van der Waals surface area contributed by atoms with Gasteiger partial charge in [-0.1, -0.05) is 0 Å². The predicted molar refractivity (Wildman–Crippen MR) is 113 cm³/mol. The summed E-state index contributed by atoms with van der Waals surface area (Å²) in [5.41, 5.74) is 3.86. The molecule has 1 amide bonds. The van der Waals surface area contributed by atoms with Crippen molar-refractivity contribution in [3.8, 4) is 0 Å². The van der Waals surface area contributed by atoms with E-state index in [1.807, 2.05) is 23.5 Å². The van der Waals surface area contributed by atoms with Gasteiger partial charge in [-0.05, 0) is 55.0 Å². The fourth-order valence-electron chi connectivity index (χ4n) is 3.67. The number of aromatic amines is 1. The number of thiophene rings is 1. The van der Waals surface area contributed by atoms with E-state index < -0.39 is 5.97 Å². The minimum absolute atomic E-state index is 0.323. The minimum atomic E-state index is -0.461. The third-order valence-electron chi connectivity index (χ3n) is 5.19. The Hall–Kier alpha value is -3.13. The molecule has 150 valence electrons. The predicted octanol–water partition coefficient (Wildman–Crippen LogP) is 3.69. The molecule has 0 saturated carbocycles. The topological polar surface area (TPSA) is 87.3 Å². The Morgan fingerprint density at radius 3 is 2.83 bits per heavy atom. The van der Waals surface area contributed by atoms with Crippen LogP contribution in [0.2, 0.25) is 0 Å². The summed E-state index contributed by atoms with van der Waals surface area (Å²) in [7, 11) is 1.32. The van der Waals surface area contributed by atoms with Crippen molar-refractivity contribution >= 4 is 34.7 Å². The summed E-state index contributed by atoms with van der Waals surface area (Å²) in [4.78, 5) is 35.8. The Labute approximate surface area is 172 Å². The molecule has 0 spiro atoms. The number of carbonyl (C=O) groups is 2. The Morgan fingerprint density at radius 1 is 1.28 bits per heavy atom.